The van der Waals surface area contributed by atoms with Crippen molar-refractivity contribution < 1.29 is 0 Å². The van der Waals surface area contributed by atoms with Crippen molar-refractivity contribution in [2.45, 2.75) is 6.54 Å². The van der Waals surface area contributed by atoms with E-state index in [1.807, 2.05) is 30.0 Å². The Morgan fingerprint density at radius 2 is 2.20 bits per heavy atom. The molecule has 2 nitrogen and oxygen atoms in total. The third kappa shape index (κ3) is 3.59. The van der Waals surface area contributed by atoms with E-state index in [2.05, 4.69) is 18.2 Å². The summed E-state index contributed by atoms with van der Waals surface area (Å²) < 4.78 is 0. The normalized spacial score (nSPS) is 10.4. The van der Waals surface area contributed by atoms with E-state index in [1.54, 1.807) is 0 Å². The number of hydrogen-bond donors (Lipinski definition) is 1. The number of nitrogens with two attached hydrogens (primary N) is 1. The fourth-order valence-electron chi connectivity index (χ4n) is 1.41. The molecule has 0 unspecified atom stereocenters. The molecule has 0 radical (unpaired) electrons. The highest BCUT2D eigenvalue weighted by molar-refractivity contribution is 7.98. The van der Waals surface area contributed by atoms with E-state index in [-0.39, 0.29) is 0 Å². The second kappa shape index (κ2) is 6.26. The molecular formula is C11H17ClN2S. The molecule has 0 spiro atoms. The minimum absolute atomic E-state index is 0.552. The lowest BCUT2D eigenvalue weighted by Gasteiger charge is -2.22. The van der Waals surface area contributed by atoms with Crippen LogP contribution in [0.5, 0.6) is 0 Å². The highest BCUT2D eigenvalue weighted by Gasteiger charge is 2.06. The van der Waals surface area contributed by atoms with Crippen LogP contribution in [0.3, 0.4) is 0 Å². The van der Waals surface area contributed by atoms with Crippen LogP contribution < -0.4 is 10.6 Å². The van der Waals surface area contributed by atoms with E-state index >= 15 is 0 Å². The number of halogens is 1. The zero-order valence-corrected chi connectivity index (χ0v) is 10.7. The first-order valence-electron chi connectivity index (χ1n) is 4.87. The molecule has 4 heteroatoms. The zero-order chi connectivity index (χ0) is 11.3. The van der Waals surface area contributed by atoms with Gasteiger partial charge in [-0.1, -0.05) is 17.7 Å². The van der Waals surface area contributed by atoms with Gasteiger partial charge in [0.05, 0.1) is 0 Å². The summed E-state index contributed by atoms with van der Waals surface area (Å²) in [4.78, 5) is 2.20. The maximum atomic E-state index is 5.98. The van der Waals surface area contributed by atoms with Crippen LogP contribution in [0.2, 0.25) is 5.02 Å². The van der Waals surface area contributed by atoms with Crippen LogP contribution >= 0.6 is 23.4 Å². The third-order valence-corrected chi connectivity index (χ3v) is 3.14. The van der Waals surface area contributed by atoms with Crippen molar-refractivity contribution in [3.8, 4) is 0 Å². The Labute approximate surface area is 101 Å². The van der Waals surface area contributed by atoms with Gasteiger partial charge in [0.15, 0.2) is 0 Å². The van der Waals surface area contributed by atoms with E-state index in [9.17, 15) is 0 Å². The predicted molar refractivity (Wildman–Crippen MR) is 71.0 cm³/mol. The molecular weight excluding hydrogens is 228 g/mol. The van der Waals surface area contributed by atoms with Gasteiger partial charge in [-0.3, -0.25) is 0 Å². The minimum Gasteiger partial charge on any atom is -0.373 e. The number of thioether (sulfide) groups is 1. The van der Waals surface area contributed by atoms with Crippen LogP contribution in [0.25, 0.3) is 0 Å². The summed E-state index contributed by atoms with van der Waals surface area (Å²) in [6, 6.07) is 5.85. The van der Waals surface area contributed by atoms with Crippen molar-refractivity contribution in [2.24, 2.45) is 5.73 Å². The summed E-state index contributed by atoms with van der Waals surface area (Å²) in [5, 5.41) is 0.762. The summed E-state index contributed by atoms with van der Waals surface area (Å²) in [5.41, 5.74) is 7.97. The van der Waals surface area contributed by atoms with E-state index in [0.29, 0.717) is 6.54 Å². The van der Waals surface area contributed by atoms with Gasteiger partial charge in [0.25, 0.3) is 0 Å². The van der Waals surface area contributed by atoms with Gasteiger partial charge in [0.2, 0.25) is 0 Å². The molecule has 0 amide bonds. The molecule has 0 aromatic heterocycles. The molecule has 1 rings (SSSR count). The molecule has 0 aliphatic heterocycles. The van der Waals surface area contributed by atoms with Crippen molar-refractivity contribution in [3.63, 3.8) is 0 Å². The Morgan fingerprint density at radius 3 is 2.80 bits per heavy atom. The number of nitrogens with zero attached hydrogens (tertiary/aromatic N) is 1. The number of hydrogen-bond acceptors (Lipinski definition) is 3. The van der Waals surface area contributed by atoms with Gasteiger partial charge >= 0.3 is 0 Å². The fourth-order valence-corrected chi connectivity index (χ4v) is 2.04. The first kappa shape index (κ1) is 12.7. The summed E-state index contributed by atoms with van der Waals surface area (Å²) >= 11 is 7.82. The standard InChI is InChI=1S/C11H17ClN2S/c1-14(5-6-15-2)11-7-10(12)4-3-9(11)8-13/h3-4,7H,5-6,8,13H2,1-2H3. The van der Waals surface area contributed by atoms with Crippen LogP contribution in [-0.4, -0.2) is 25.6 Å². The van der Waals surface area contributed by atoms with Crippen LogP contribution in [0, 0.1) is 0 Å². The summed E-state index contributed by atoms with van der Waals surface area (Å²) in [6.07, 6.45) is 2.11. The third-order valence-electron chi connectivity index (χ3n) is 2.31. The fraction of sp³-hybridized carbons (Fsp3) is 0.455. The summed E-state index contributed by atoms with van der Waals surface area (Å²) in [7, 11) is 2.07. The number of benzene rings is 1. The average Bonchev–Trinajstić information content (AvgIpc) is 2.25. The van der Waals surface area contributed by atoms with Crippen molar-refractivity contribution in [3.05, 3.63) is 28.8 Å². The molecule has 0 heterocycles. The molecule has 15 heavy (non-hydrogen) atoms. The largest absolute Gasteiger partial charge is 0.373 e. The van der Waals surface area contributed by atoms with Crippen LogP contribution in [0.4, 0.5) is 5.69 Å². The topological polar surface area (TPSA) is 29.3 Å². The Balaban J connectivity index is 2.85. The van der Waals surface area contributed by atoms with Crippen molar-refractivity contribution in [1.82, 2.24) is 0 Å². The monoisotopic (exact) mass is 244 g/mol. The molecule has 0 saturated heterocycles. The maximum absolute atomic E-state index is 5.98. The predicted octanol–water partition coefficient (Wildman–Crippen LogP) is 2.60. The molecule has 0 aliphatic rings. The SMILES string of the molecule is CSCCN(C)c1cc(Cl)ccc1CN. The maximum Gasteiger partial charge on any atom is 0.0426 e. The smallest absolute Gasteiger partial charge is 0.0426 e. The van der Waals surface area contributed by atoms with Crippen molar-refractivity contribution >= 4 is 29.1 Å². The molecule has 1 aromatic rings. The molecule has 0 saturated carbocycles. The van der Waals surface area contributed by atoms with E-state index in [4.69, 9.17) is 17.3 Å². The van der Waals surface area contributed by atoms with Gasteiger partial charge in [-0.05, 0) is 24.0 Å². The molecule has 2 N–H and O–H groups in total. The van der Waals surface area contributed by atoms with E-state index < -0.39 is 0 Å². The molecule has 0 fully saturated rings. The van der Waals surface area contributed by atoms with Crippen LogP contribution in [0.1, 0.15) is 5.56 Å². The first-order valence-corrected chi connectivity index (χ1v) is 6.64. The highest BCUT2D eigenvalue weighted by atomic mass is 35.5. The van der Waals surface area contributed by atoms with Crippen LogP contribution in [0.15, 0.2) is 18.2 Å². The molecule has 0 atom stereocenters. The minimum atomic E-state index is 0.552. The summed E-state index contributed by atoms with van der Waals surface area (Å²) in [5.74, 6) is 1.10. The second-order valence-corrected chi connectivity index (χ2v) is 4.81. The lowest BCUT2D eigenvalue weighted by atomic mass is 10.1. The van der Waals surface area contributed by atoms with E-state index in [1.165, 1.54) is 0 Å². The number of anilines is 1. The van der Waals surface area contributed by atoms with Gasteiger partial charge in [0, 0.05) is 36.6 Å². The van der Waals surface area contributed by atoms with Crippen LogP contribution in [-0.2, 0) is 6.54 Å². The van der Waals surface area contributed by atoms with Gasteiger partial charge in [-0.2, -0.15) is 11.8 Å². The lowest BCUT2D eigenvalue weighted by molar-refractivity contribution is 0.949. The highest BCUT2D eigenvalue weighted by Crippen LogP contribution is 2.23. The quantitative estimate of drug-likeness (QED) is 0.864. The second-order valence-electron chi connectivity index (χ2n) is 3.39. The Hall–Kier alpha value is -0.380. The first-order chi connectivity index (χ1) is 7.19. The van der Waals surface area contributed by atoms with Gasteiger partial charge in [-0.25, -0.2) is 0 Å². The van der Waals surface area contributed by atoms with Crippen molar-refractivity contribution in [2.75, 3.05) is 30.5 Å². The Kier molecular flexibility index (Phi) is 5.29. The van der Waals surface area contributed by atoms with Gasteiger partial charge in [-0.15, -0.1) is 0 Å². The Morgan fingerprint density at radius 1 is 1.47 bits per heavy atom. The number of rotatable bonds is 5. The van der Waals surface area contributed by atoms with Crippen molar-refractivity contribution in [1.29, 1.82) is 0 Å². The van der Waals surface area contributed by atoms with Gasteiger partial charge in [0.1, 0.15) is 0 Å². The van der Waals surface area contributed by atoms with Gasteiger partial charge < -0.3 is 10.6 Å². The molecule has 0 aliphatic carbocycles. The van der Waals surface area contributed by atoms with E-state index in [0.717, 1.165) is 28.6 Å². The zero-order valence-electron chi connectivity index (χ0n) is 9.16. The lowest BCUT2D eigenvalue weighted by Crippen LogP contribution is -2.22. The molecule has 1 aromatic carbocycles. The average molecular weight is 245 g/mol. The molecule has 0 bridgehead atoms. The summed E-state index contributed by atoms with van der Waals surface area (Å²) in [6.45, 7) is 1.56. The molecule has 84 valence electrons. The Bertz CT molecular complexity index is 317.